The van der Waals surface area contributed by atoms with Crippen LogP contribution >= 0.6 is 0 Å². The summed E-state index contributed by atoms with van der Waals surface area (Å²) < 4.78 is 15.2. The van der Waals surface area contributed by atoms with Crippen molar-refractivity contribution in [3.63, 3.8) is 0 Å². The topological polar surface area (TPSA) is 85.9 Å². The van der Waals surface area contributed by atoms with E-state index >= 15 is 0 Å². The lowest BCUT2D eigenvalue weighted by Gasteiger charge is -2.32. The first-order chi connectivity index (χ1) is 15.1. The largest absolute Gasteiger partial charge is 0.350 e. The standard InChI is InChI=1S/C23H24FN5O2/c24-16-6-5-15-13-20(26-19(15)14-16)22(30)25-9-12-28-10-7-17(8-11-28)29-21-4-2-1-3-18(21)27-23(29)31/h1-6,13-14,17,26H,7-12H2,(H,25,30)(H,27,31). The predicted octanol–water partition coefficient (Wildman–Crippen LogP) is 3.02. The molecule has 0 atom stereocenters. The summed E-state index contributed by atoms with van der Waals surface area (Å²) in [6.07, 6.45) is 1.78. The molecule has 2 aromatic heterocycles. The van der Waals surface area contributed by atoms with E-state index in [1.165, 1.54) is 12.1 Å². The van der Waals surface area contributed by atoms with E-state index in [1.807, 2.05) is 28.8 Å². The Bertz CT molecular complexity index is 1300. The van der Waals surface area contributed by atoms with Crippen LogP contribution in [0.25, 0.3) is 21.9 Å². The fourth-order valence-corrected chi connectivity index (χ4v) is 4.48. The Morgan fingerprint density at radius 2 is 1.87 bits per heavy atom. The summed E-state index contributed by atoms with van der Waals surface area (Å²) in [6.45, 7) is 3.02. The molecule has 4 aromatic rings. The molecule has 0 aliphatic carbocycles. The maximum Gasteiger partial charge on any atom is 0.326 e. The fourth-order valence-electron chi connectivity index (χ4n) is 4.48. The number of fused-ring (bicyclic) bond motifs is 2. The smallest absolute Gasteiger partial charge is 0.326 e. The number of imidazole rings is 1. The molecule has 0 saturated carbocycles. The van der Waals surface area contributed by atoms with Gasteiger partial charge in [-0.3, -0.25) is 9.36 Å². The molecule has 1 amide bonds. The Labute approximate surface area is 177 Å². The third kappa shape index (κ3) is 3.86. The molecule has 3 heterocycles. The van der Waals surface area contributed by atoms with Crippen LogP contribution in [0.3, 0.4) is 0 Å². The molecule has 0 bridgehead atoms. The number of rotatable bonds is 5. The van der Waals surface area contributed by atoms with Crippen LogP contribution in [0.15, 0.2) is 53.3 Å². The molecule has 7 nitrogen and oxygen atoms in total. The number of piperidine rings is 1. The zero-order valence-electron chi connectivity index (χ0n) is 17.0. The average molecular weight is 421 g/mol. The summed E-state index contributed by atoms with van der Waals surface area (Å²) in [5, 5.41) is 3.73. The van der Waals surface area contributed by atoms with E-state index in [2.05, 4.69) is 20.2 Å². The van der Waals surface area contributed by atoms with E-state index in [9.17, 15) is 14.0 Å². The summed E-state index contributed by atoms with van der Waals surface area (Å²) in [4.78, 5) is 33.0. The monoisotopic (exact) mass is 421 g/mol. The molecule has 0 spiro atoms. The minimum atomic E-state index is -0.334. The van der Waals surface area contributed by atoms with Crippen molar-refractivity contribution < 1.29 is 9.18 Å². The summed E-state index contributed by atoms with van der Waals surface area (Å²) in [6, 6.07) is 14.1. The number of hydrogen-bond donors (Lipinski definition) is 3. The van der Waals surface area contributed by atoms with E-state index in [4.69, 9.17) is 0 Å². The Morgan fingerprint density at radius 1 is 1.06 bits per heavy atom. The van der Waals surface area contributed by atoms with Crippen molar-refractivity contribution in [3.05, 3.63) is 70.5 Å². The Hall–Kier alpha value is -3.39. The van der Waals surface area contributed by atoms with Gasteiger partial charge in [0, 0.05) is 43.1 Å². The van der Waals surface area contributed by atoms with E-state index in [0.717, 1.165) is 48.9 Å². The lowest BCUT2D eigenvalue weighted by molar-refractivity contribution is 0.0940. The maximum atomic E-state index is 13.3. The number of carbonyl (C=O) groups is 1. The Kier molecular flexibility index (Phi) is 5.07. The first kappa shape index (κ1) is 19.6. The van der Waals surface area contributed by atoms with Gasteiger partial charge in [0.2, 0.25) is 0 Å². The second kappa shape index (κ2) is 8.03. The number of aromatic amines is 2. The zero-order chi connectivity index (χ0) is 21.4. The van der Waals surface area contributed by atoms with Gasteiger partial charge in [0.15, 0.2) is 0 Å². The predicted molar refractivity (Wildman–Crippen MR) is 118 cm³/mol. The number of amides is 1. The molecule has 0 radical (unpaired) electrons. The summed E-state index contributed by atoms with van der Waals surface area (Å²) >= 11 is 0. The number of benzene rings is 2. The number of para-hydroxylation sites is 2. The third-order valence-corrected chi connectivity index (χ3v) is 6.09. The van der Waals surface area contributed by atoms with Crippen LogP contribution in [0.1, 0.15) is 29.4 Å². The van der Waals surface area contributed by atoms with Crippen LogP contribution in [0.2, 0.25) is 0 Å². The molecule has 1 aliphatic heterocycles. The summed E-state index contributed by atoms with van der Waals surface area (Å²) in [5.74, 6) is -0.531. The molecule has 1 saturated heterocycles. The van der Waals surface area contributed by atoms with Crippen LogP contribution in [-0.2, 0) is 0 Å². The third-order valence-electron chi connectivity index (χ3n) is 6.09. The highest BCUT2D eigenvalue weighted by Gasteiger charge is 2.23. The summed E-state index contributed by atoms with van der Waals surface area (Å²) in [7, 11) is 0. The number of likely N-dealkylation sites (tertiary alicyclic amines) is 1. The Balaban J connectivity index is 1.14. The molecule has 1 fully saturated rings. The van der Waals surface area contributed by atoms with Crippen molar-refractivity contribution in [3.8, 4) is 0 Å². The van der Waals surface area contributed by atoms with Gasteiger partial charge in [0.25, 0.3) is 5.91 Å². The van der Waals surface area contributed by atoms with Gasteiger partial charge >= 0.3 is 5.69 Å². The molecule has 8 heteroatoms. The highest BCUT2D eigenvalue weighted by Crippen LogP contribution is 2.24. The number of nitrogens with zero attached hydrogens (tertiary/aromatic N) is 2. The molecule has 1 aliphatic rings. The van der Waals surface area contributed by atoms with Crippen molar-refractivity contribution >= 4 is 27.8 Å². The van der Waals surface area contributed by atoms with Crippen LogP contribution in [0.4, 0.5) is 4.39 Å². The SMILES string of the molecule is O=C(NCCN1CCC(n2c(=O)[nH]c3ccccc32)CC1)c1cc2ccc(F)cc2[nH]1. The number of hydrogen-bond acceptors (Lipinski definition) is 3. The van der Waals surface area contributed by atoms with Crippen LogP contribution in [-0.4, -0.2) is 51.5 Å². The van der Waals surface area contributed by atoms with Crippen molar-refractivity contribution in [1.82, 2.24) is 24.8 Å². The molecular weight excluding hydrogens is 397 g/mol. The number of carbonyl (C=O) groups excluding carboxylic acids is 1. The van der Waals surface area contributed by atoms with Gasteiger partial charge in [-0.25, -0.2) is 9.18 Å². The van der Waals surface area contributed by atoms with Crippen molar-refractivity contribution in [2.24, 2.45) is 0 Å². The van der Waals surface area contributed by atoms with Gasteiger partial charge in [-0.1, -0.05) is 12.1 Å². The van der Waals surface area contributed by atoms with Crippen molar-refractivity contribution in [2.75, 3.05) is 26.2 Å². The summed E-state index contributed by atoms with van der Waals surface area (Å²) in [5.41, 5.74) is 2.82. The van der Waals surface area contributed by atoms with Crippen molar-refractivity contribution in [1.29, 1.82) is 0 Å². The fraction of sp³-hybridized carbons (Fsp3) is 0.304. The molecule has 3 N–H and O–H groups in total. The first-order valence-electron chi connectivity index (χ1n) is 10.6. The zero-order valence-corrected chi connectivity index (χ0v) is 17.0. The lowest BCUT2D eigenvalue weighted by Crippen LogP contribution is -2.41. The van der Waals surface area contributed by atoms with Gasteiger partial charge in [0.05, 0.1) is 11.0 Å². The van der Waals surface area contributed by atoms with Crippen molar-refractivity contribution in [2.45, 2.75) is 18.9 Å². The molecule has 2 aromatic carbocycles. The average Bonchev–Trinajstić information content (AvgIpc) is 3.34. The first-order valence-corrected chi connectivity index (χ1v) is 10.6. The van der Waals surface area contributed by atoms with E-state index < -0.39 is 0 Å². The second-order valence-corrected chi connectivity index (χ2v) is 8.06. The molecular formula is C23H24FN5O2. The number of aromatic nitrogens is 3. The molecule has 160 valence electrons. The maximum absolute atomic E-state index is 13.3. The van der Waals surface area contributed by atoms with Crippen LogP contribution in [0.5, 0.6) is 0 Å². The van der Waals surface area contributed by atoms with Gasteiger partial charge < -0.3 is 20.2 Å². The minimum Gasteiger partial charge on any atom is -0.350 e. The van der Waals surface area contributed by atoms with Crippen LogP contribution in [0, 0.1) is 5.82 Å². The van der Waals surface area contributed by atoms with E-state index in [1.54, 1.807) is 12.1 Å². The quantitative estimate of drug-likeness (QED) is 0.463. The van der Waals surface area contributed by atoms with E-state index in [-0.39, 0.29) is 23.5 Å². The van der Waals surface area contributed by atoms with Gasteiger partial charge in [-0.05, 0) is 49.2 Å². The van der Waals surface area contributed by atoms with Gasteiger partial charge in [-0.15, -0.1) is 0 Å². The normalized spacial score (nSPS) is 15.6. The van der Waals surface area contributed by atoms with Gasteiger partial charge in [-0.2, -0.15) is 0 Å². The Morgan fingerprint density at radius 3 is 2.71 bits per heavy atom. The number of halogens is 1. The molecule has 0 unspecified atom stereocenters. The highest BCUT2D eigenvalue weighted by atomic mass is 19.1. The highest BCUT2D eigenvalue weighted by molar-refractivity contribution is 5.98. The molecule has 31 heavy (non-hydrogen) atoms. The molecule has 5 rings (SSSR count). The van der Waals surface area contributed by atoms with Crippen LogP contribution < -0.4 is 11.0 Å². The number of nitrogens with one attached hydrogen (secondary N) is 3. The van der Waals surface area contributed by atoms with Gasteiger partial charge in [0.1, 0.15) is 11.5 Å². The number of H-pyrrole nitrogens is 2. The van der Waals surface area contributed by atoms with E-state index in [0.29, 0.717) is 17.8 Å². The lowest BCUT2D eigenvalue weighted by atomic mass is 10.0. The minimum absolute atomic E-state index is 0.0508. The second-order valence-electron chi connectivity index (χ2n) is 8.06.